The molecule has 1 aromatic heterocycles. The zero-order valence-electron chi connectivity index (χ0n) is 18.7. The van der Waals surface area contributed by atoms with Gasteiger partial charge in [-0.1, -0.05) is 35.1 Å². The first-order chi connectivity index (χ1) is 16.4. The van der Waals surface area contributed by atoms with E-state index in [9.17, 15) is 17.2 Å². The first-order valence-corrected chi connectivity index (χ1v) is 13.0. The SMILES string of the molecule is O=S(=O)(C1CC1)n1cc(CCN2CCC(=C(c3ccc(F)cc3)c3ccc(F)cc3)CC2)nn1. The minimum atomic E-state index is -3.39. The maximum atomic E-state index is 13.5. The van der Waals surface area contributed by atoms with E-state index in [4.69, 9.17) is 0 Å². The van der Waals surface area contributed by atoms with E-state index in [-0.39, 0.29) is 16.9 Å². The number of likely N-dealkylation sites (tertiary alicyclic amines) is 1. The minimum absolute atomic E-state index is 0.288. The molecule has 0 spiro atoms. The van der Waals surface area contributed by atoms with Crippen molar-refractivity contribution in [1.82, 2.24) is 19.3 Å². The number of nitrogens with zero attached hydrogens (tertiary/aromatic N) is 4. The Morgan fingerprint density at radius 2 is 1.47 bits per heavy atom. The van der Waals surface area contributed by atoms with Crippen molar-refractivity contribution in [2.75, 3.05) is 19.6 Å². The molecule has 5 rings (SSSR count). The van der Waals surface area contributed by atoms with E-state index in [1.54, 1.807) is 24.3 Å². The highest BCUT2D eigenvalue weighted by molar-refractivity contribution is 7.90. The molecule has 0 radical (unpaired) electrons. The number of rotatable bonds is 7. The van der Waals surface area contributed by atoms with Gasteiger partial charge in [-0.25, -0.2) is 17.2 Å². The summed E-state index contributed by atoms with van der Waals surface area (Å²) in [7, 11) is -3.39. The topological polar surface area (TPSA) is 68.1 Å². The minimum Gasteiger partial charge on any atom is -0.302 e. The van der Waals surface area contributed by atoms with Gasteiger partial charge < -0.3 is 4.90 Å². The third-order valence-electron chi connectivity index (χ3n) is 6.49. The second-order valence-corrected chi connectivity index (χ2v) is 11.0. The predicted molar refractivity (Wildman–Crippen MR) is 126 cm³/mol. The van der Waals surface area contributed by atoms with Crippen molar-refractivity contribution in [1.29, 1.82) is 0 Å². The van der Waals surface area contributed by atoms with E-state index in [0.29, 0.717) is 25.0 Å². The Labute approximate surface area is 198 Å². The van der Waals surface area contributed by atoms with Gasteiger partial charge in [0.05, 0.1) is 17.1 Å². The number of hydrogen-bond donors (Lipinski definition) is 0. The molecule has 178 valence electrons. The van der Waals surface area contributed by atoms with Crippen molar-refractivity contribution in [2.24, 2.45) is 0 Å². The number of piperidine rings is 1. The fourth-order valence-electron chi connectivity index (χ4n) is 4.42. The first-order valence-electron chi connectivity index (χ1n) is 11.5. The highest BCUT2D eigenvalue weighted by atomic mass is 32.2. The highest BCUT2D eigenvalue weighted by Crippen LogP contribution is 2.33. The second-order valence-electron chi connectivity index (χ2n) is 8.91. The molecule has 0 atom stereocenters. The molecule has 1 aliphatic carbocycles. The lowest BCUT2D eigenvalue weighted by molar-refractivity contribution is 0.259. The third kappa shape index (κ3) is 4.95. The number of aromatic nitrogens is 3. The molecule has 0 N–H and O–H groups in total. The molecule has 1 saturated carbocycles. The maximum Gasteiger partial charge on any atom is 0.258 e. The van der Waals surface area contributed by atoms with Crippen molar-refractivity contribution in [3.63, 3.8) is 0 Å². The van der Waals surface area contributed by atoms with Crippen LogP contribution in [-0.4, -0.2) is 52.6 Å². The molecular weight excluding hydrogens is 458 g/mol. The average Bonchev–Trinajstić information content (AvgIpc) is 3.60. The number of halogens is 2. The van der Waals surface area contributed by atoms with Crippen LogP contribution in [-0.2, 0) is 16.4 Å². The van der Waals surface area contributed by atoms with Crippen molar-refractivity contribution in [2.45, 2.75) is 37.4 Å². The summed E-state index contributed by atoms with van der Waals surface area (Å²) in [6.07, 6.45) is 5.23. The summed E-state index contributed by atoms with van der Waals surface area (Å²) in [5.41, 5.74) is 4.81. The van der Waals surface area contributed by atoms with E-state index in [1.165, 1.54) is 36.0 Å². The standard InChI is InChI=1S/C25H26F2N4O2S/c26-21-5-1-18(2-6-21)25(19-3-7-22(27)8-4-19)20-11-14-30(15-12-20)16-13-23-17-31(29-28-23)34(32,33)24-9-10-24/h1-8,17,24H,9-16H2. The fourth-order valence-corrected chi connectivity index (χ4v) is 5.86. The van der Waals surface area contributed by atoms with Gasteiger partial charge in [-0.2, -0.15) is 0 Å². The summed E-state index contributed by atoms with van der Waals surface area (Å²) in [6, 6.07) is 12.9. The van der Waals surface area contributed by atoms with Crippen LogP contribution in [0, 0.1) is 11.6 Å². The van der Waals surface area contributed by atoms with Crippen LogP contribution in [0.1, 0.15) is 42.5 Å². The average molecular weight is 485 g/mol. The summed E-state index contributed by atoms with van der Waals surface area (Å²) in [6.45, 7) is 2.45. The molecule has 2 aliphatic rings. The Hall–Kier alpha value is -2.91. The molecule has 2 fully saturated rings. The molecule has 2 aromatic carbocycles. The van der Waals surface area contributed by atoms with Gasteiger partial charge in [-0.05, 0) is 66.6 Å². The Morgan fingerprint density at radius 1 is 0.912 bits per heavy atom. The van der Waals surface area contributed by atoms with Crippen molar-refractivity contribution >= 4 is 15.6 Å². The van der Waals surface area contributed by atoms with Gasteiger partial charge in [-0.15, -0.1) is 9.19 Å². The zero-order chi connectivity index (χ0) is 23.7. The first kappa shape index (κ1) is 22.9. The van der Waals surface area contributed by atoms with Gasteiger partial charge in [0.1, 0.15) is 11.6 Å². The summed E-state index contributed by atoms with van der Waals surface area (Å²) in [5, 5.41) is 7.56. The van der Waals surface area contributed by atoms with Gasteiger partial charge in [0, 0.05) is 26.1 Å². The van der Waals surface area contributed by atoms with Gasteiger partial charge >= 0.3 is 0 Å². The molecule has 34 heavy (non-hydrogen) atoms. The largest absolute Gasteiger partial charge is 0.302 e. The lowest BCUT2D eigenvalue weighted by atomic mass is 9.88. The van der Waals surface area contributed by atoms with Gasteiger partial charge in [0.25, 0.3) is 10.0 Å². The molecule has 2 heterocycles. The van der Waals surface area contributed by atoms with Crippen molar-refractivity contribution in [3.8, 4) is 0 Å². The lowest BCUT2D eigenvalue weighted by Crippen LogP contribution is -2.33. The van der Waals surface area contributed by atoms with Gasteiger partial charge in [0.2, 0.25) is 0 Å². The van der Waals surface area contributed by atoms with Gasteiger partial charge in [0.15, 0.2) is 0 Å². The van der Waals surface area contributed by atoms with Crippen molar-refractivity contribution in [3.05, 3.63) is 88.8 Å². The van der Waals surface area contributed by atoms with Crippen LogP contribution in [0.4, 0.5) is 8.78 Å². The molecule has 9 heteroatoms. The summed E-state index contributed by atoms with van der Waals surface area (Å²) >= 11 is 0. The Bertz CT molecular complexity index is 1240. The van der Waals surface area contributed by atoms with E-state index >= 15 is 0 Å². The normalized spacial score (nSPS) is 17.2. The Morgan fingerprint density at radius 3 is 2.00 bits per heavy atom. The monoisotopic (exact) mass is 484 g/mol. The third-order valence-corrected chi connectivity index (χ3v) is 8.50. The van der Waals surface area contributed by atoms with Crippen LogP contribution in [0.5, 0.6) is 0 Å². The molecule has 1 saturated heterocycles. The molecule has 1 aliphatic heterocycles. The number of hydrogen-bond acceptors (Lipinski definition) is 5. The second kappa shape index (κ2) is 9.38. The van der Waals surface area contributed by atoms with E-state index < -0.39 is 10.0 Å². The van der Waals surface area contributed by atoms with E-state index in [2.05, 4.69) is 15.2 Å². The van der Waals surface area contributed by atoms with Gasteiger partial charge in [-0.3, -0.25) is 0 Å². The van der Waals surface area contributed by atoms with Crippen LogP contribution < -0.4 is 0 Å². The smallest absolute Gasteiger partial charge is 0.258 e. The van der Waals surface area contributed by atoms with E-state index in [0.717, 1.165) is 53.3 Å². The predicted octanol–water partition coefficient (Wildman–Crippen LogP) is 4.04. The molecule has 3 aromatic rings. The molecule has 0 amide bonds. The molecule has 0 bridgehead atoms. The van der Waals surface area contributed by atoms with Crippen LogP contribution in [0.25, 0.3) is 5.57 Å². The van der Waals surface area contributed by atoms with E-state index in [1.807, 2.05) is 0 Å². The van der Waals surface area contributed by atoms with Crippen LogP contribution in [0.2, 0.25) is 0 Å². The zero-order valence-corrected chi connectivity index (χ0v) is 19.5. The van der Waals surface area contributed by atoms with Crippen LogP contribution in [0.3, 0.4) is 0 Å². The molecular formula is C25H26F2N4O2S. The molecule has 6 nitrogen and oxygen atoms in total. The highest BCUT2D eigenvalue weighted by Gasteiger charge is 2.38. The quantitative estimate of drug-likeness (QED) is 0.506. The van der Waals surface area contributed by atoms with Crippen LogP contribution >= 0.6 is 0 Å². The number of benzene rings is 2. The Balaban J connectivity index is 1.27. The fraction of sp³-hybridized carbons (Fsp3) is 0.360. The molecule has 0 unspecified atom stereocenters. The lowest BCUT2D eigenvalue weighted by Gasteiger charge is -2.30. The van der Waals surface area contributed by atoms with Crippen molar-refractivity contribution < 1.29 is 17.2 Å². The summed E-state index contributed by atoms with van der Waals surface area (Å²) in [4.78, 5) is 2.32. The Kier molecular flexibility index (Phi) is 6.31. The summed E-state index contributed by atoms with van der Waals surface area (Å²) < 4.78 is 52.6. The summed E-state index contributed by atoms with van der Waals surface area (Å²) in [5.74, 6) is -0.576. The van der Waals surface area contributed by atoms with Crippen LogP contribution in [0.15, 0.2) is 60.3 Å². The maximum absolute atomic E-state index is 13.5.